The van der Waals surface area contributed by atoms with Gasteiger partial charge >= 0.3 is 24.6 Å². The standard InChI is InChI=1S/C18H28O12/c1-17(2,3)29-15(23)27-11-7-9(25-13(19)20)10(26-14(21)22)8-12(11)28-16(24)30-18(4,5)6/h9-12H,7-8H2,1-6H3,(H,19,20)(H,21,22). The summed E-state index contributed by atoms with van der Waals surface area (Å²) in [6, 6.07) is 0. The normalized spacial score (nSPS) is 24.2. The molecule has 0 spiro atoms. The summed E-state index contributed by atoms with van der Waals surface area (Å²) < 4.78 is 29.9. The van der Waals surface area contributed by atoms with Gasteiger partial charge in [-0.05, 0) is 41.5 Å². The third-order valence-electron chi connectivity index (χ3n) is 3.54. The van der Waals surface area contributed by atoms with E-state index in [4.69, 9.17) is 29.2 Å². The maximum atomic E-state index is 12.1. The van der Waals surface area contributed by atoms with E-state index >= 15 is 0 Å². The Morgan fingerprint density at radius 1 is 0.600 bits per heavy atom. The third kappa shape index (κ3) is 9.52. The predicted octanol–water partition coefficient (Wildman–Crippen LogP) is 3.55. The Hall–Kier alpha value is -2.92. The van der Waals surface area contributed by atoms with Crippen molar-refractivity contribution < 1.29 is 57.8 Å². The Kier molecular flexibility index (Phi) is 8.14. The maximum Gasteiger partial charge on any atom is 0.509 e. The molecular weight excluding hydrogens is 408 g/mol. The van der Waals surface area contributed by atoms with Crippen molar-refractivity contribution in [1.82, 2.24) is 0 Å². The maximum absolute atomic E-state index is 12.1. The molecule has 1 saturated carbocycles. The van der Waals surface area contributed by atoms with Gasteiger partial charge in [0.1, 0.15) is 35.6 Å². The molecule has 172 valence electrons. The van der Waals surface area contributed by atoms with Gasteiger partial charge in [0.15, 0.2) is 0 Å². The quantitative estimate of drug-likeness (QED) is 0.487. The Morgan fingerprint density at radius 2 is 0.867 bits per heavy atom. The highest BCUT2D eigenvalue weighted by Gasteiger charge is 2.46. The first-order valence-electron chi connectivity index (χ1n) is 9.14. The SMILES string of the molecule is CC(C)(C)OC(=O)OC1CC(OC(=O)O)C(OC(=O)O)CC1OC(=O)OC(C)(C)C. The molecule has 12 nitrogen and oxygen atoms in total. The lowest BCUT2D eigenvalue weighted by atomic mass is 9.89. The molecule has 0 aliphatic heterocycles. The van der Waals surface area contributed by atoms with Crippen LogP contribution in [0.15, 0.2) is 0 Å². The van der Waals surface area contributed by atoms with Gasteiger partial charge < -0.3 is 38.6 Å². The van der Waals surface area contributed by atoms with Gasteiger partial charge in [-0.3, -0.25) is 0 Å². The van der Waals surface area contributed by atoms with Gasteiger partial charge in [0, 0.05) is 12.8 Å². The van der Waals surface area contributed by atoms with Gasteiger partial charge in [-0.2, -0.15) is 0 Å². The van der Waals surface area contributed by atoms with Crippen molar-refractivity contribution in [3.05, 3.63) is 0 Å². The first-order chi connectivity index (χ1) is 13.6. The Bertz CT molecular complexity index is 589. The number of carbonyl (C=O) groups excluding carboxylic acids is 2. The van der Waals surface area contributed by atoms with Crippen LogP contribution in [-0.2, 0) is 28.4 Å². The molecule has 1 fully saturated rings. The molecular formula is C18H28O12. The van der Waals surface area contributed by atoms with E-state index in [9.17, 15) is 19.2 Å². The highest BCUT2D eigenvalue weighted by Crippen LogP contribution is 2.30. The summed E-state index contributed by atoms with van der Waals surface area (Å²) in [5, 5.41) is 17.8. The van der Waals surface area contributed by atoms with Gasteiger partial charge in [0.25, 0.3) is 0 Å². The van der Waals surface area contributed by atoms with Crippen LogP contribution in [0.2, 0.25) is 0 Å². The lowest BCUT2D eigenvalue weighted by Crippen LogP contribution is -2.51. The zero-order valence-corrected chi connectivity index (χ0v) is 17.7. The molecule has 2 N–H and O–H groups in total. The molecule has 0 radical (unpaired) electrons. The van der Waals surface area contributed by atoms with Gasteiger partial charge in [-0.25, -0.2) is 19.2 Å². The molecule has 4 unspecified atom stereocenters. The van der Waals surface area contributed by atoms with Gasteiger partial charge in [-0.1, -0.05) is 0 Å². The van der Waals surface area contributed by atoms with Crippen molar-refractivity contribution in [3.8, 4) is 0 Å². The highest BCUT2D eigenvalue weighted by atomic mass is 16.8. The van der Waals surface area contributed by atoms with Gasteiger partial charge in [0.2, 0.25) is 0 Å². The second-order valence-electron chi connectivity index (χ2n) is 8.56. The smallest absolute Gasteiger partial charge is 0.450 e. The zero-order chi connectivity index (χ0) is 23.3. The second kappa shape index (κ2) is 9.72. The van der Waals surface area contributed by atoms with Gasteiger partial charge in [0.05, 0.1) is 0 Å². The summed E-state index contributed by atoms with van der Waals surface area (Å²) in [7, 11) is 0. The predicted molar refractivity (Wildman–Crippen MR) is 97.2 cm³/mol. The summed E-state index contributed by atoms with van der Waals surface area (Å²) in [5.41, 5.74) is -1.75. The van der Waals surface area contributed by atoms with Crippen LogP contribution in [0, 0.1) is 0 Å². The van der Waals surface area contributed by atoms with Crippen LogP contribution in [0.25, 0.3) is 0 Å². The minimum atomic E-state index is -1.68. The molecule has 30 heavy (non-hydrogen) atoms. The van der Waals surface area contributed by atoms with Crippen LogP contribution in [0.4, 0.5) is 19.2 Å². The van der Waals surface area contributed by atoms with E-state index in [1.54, 1.807) is 41.5 Å². The average molecular weight is 436 g/mol. The largest absolute Gasteiger partial charge is 0.509 e. The molecule has 0 aromatic heterocycles. The summed E-state index contributed by atoms with van der Waals surface area (Å²) >= 11 is 0. The molecule has 0 aromatic carbocycles. The summed E-state index contributed by atoms with van der Waals surface area (Å²) in [4.78, 5) is 46.1. The average Bonchev–Trinajstić information content (AvgIpc) is 2.46. The molecule has 1 rings (SSSR count). The Morgan fingerprint density at radius 3 is 1.10 bits per heavy atom. The summed E-state index contributed by atoms with van der Waals surface area (Å²) in [6.45, 7) is 9.65. The highest BCUT2D eigenvalue weighted by molar-refractivity contribution is 5.62. The fraction of sp³-hybridized carbons (Fsp3) is 0.778. The van der Waals surface area contributed by atoms with E-state index in [0.717, 1.165) is 0 Å². The van der Waals surface area contributed by atoms with Crippen molar-refractivity contribution in [2.45, 2.75) is 90.0 Å². The van der Waals surface area contributed by atoms with E-state index in [-0.39, 0.29) is 12.8 Å². The number of ether oxygens (including phenoxy) is 6. The van der Waals surface area contributed by atoms with E-state index in [1.807, 2.05) is 0 Å². The minimum Gasteiger partial charge on any atom is -0.450 e. The second-order valence-corrected chi connectivity index (χ2v) is 8.56. The van der Waals surface area contributed by atoms with Crippen LogP contribution in [0.1, 0.15) is 54.4 Å². The van der Waals surface area contributed by atoms with E-state index in [0.29, 0.717) is 0 Å². The minimum absolute atomic E-state index is 0.336. The number of rotatable bonds is 4. The number of carboxylic acid groups (broad SMARTS) is 2. The Balaban J connectivity index is 3.05. The molecule has 0 bridgehead atoms. The van der Waals surface area contributed by atoms with E-state index in [1.165, 1.54) is 0 Å². The van der Waals surface area contributed by atoms with Gasteiger partial charge in [-0.15, -0.1) is 0 Å². The van der Waals surface area contributed by atoms with Crippen LogP contribution in [0.3, 0.4) is 0 Å². The van der Waals surface area contributed by atoms with Crippen LogP contribution < -0.4 is 0 Å². The molecule has 0 saturated heterocycles. The monoisotopic (exact) mass is 436 g/mol. The summed E-state index contributed by atoms with van der Waals surface area (Å²) in [5.74, 6) is 0. The van der Waals surface area contributed by atoms with Crippen LogP contribution in [-0.4, -0.2) is 70.5 Å². The Labute approximate surface area is 173 Å². The first-order valence-corrected chi connectivity index (χ1v) is 9.14. The van der Waals surface area contributed by atoms with E-state index < -0.39 is 60.2 Å². The summed E-state index contributed by atoms with van der Waals surface area (Å²) in [6.07, 6.45) is -11.2. The van der Waals surface area contributed by atoms with Crippen LogP contribution >= 0.6 is 0 Å². The lowest BCUT2D eigenvalue weighted by molar-refractivity contribution is -0.147. The van der Waals surface area contributed by atoms with Crippen molar-refractivity contribution in [1.29, 1.82) is 0 Å². The molecule has 0 heterocycles. The molecule has 12 heteroatoms. The molecule has 0 amide bonds. The number of hydrogen-bond donors (Lipinski definition) is 2. The van der Waals surface area contributed by atoms with Crippen LogP contribution in [0.5, 0.6) is 0 Å². The molecule has 1 aliphatic rings. The molecule has 0 aromatic rings. The van der Waals surface area contributed by atoms with Crippen molar-refractivity contribution in [2.24, 2.45) is 0 Å². The van der Waals surface area contributed by atoms with Crippen molar-refractivity contribution in [2.75, 3.05) is 0 Å². The fourth-order valence-electron chi connectivity index (χ4n) is 2.62. The number of hydrogen-bond acceptors (Lipinski definition) is 10. The molecule has 1 aliphatic carbocycles. The lowest BCUT2D eigenvalue weighted by Gasteiger charge is -2.38. The number of carbonyl (C=O) groups is 4. The van der Waals surface area contributed by atoms with E-state index in [2.05, 4.69) is 9.47 Å². The topological polar surface area (TPSA) is 164 Å². The zero-order valence-electron chi connectivity index (χ0n) is 17.7. The fourth-order valence-corrected chi connectivity index (χ4v) is 2.62. The molecule has 4 atom stereocenters. The van der Waals surface area contributed by atoms with Crippen molar-refractivity contribution >= 4 is 24.6 Å². The first kappa shape index (κ1) is 25.1. The van der Waals surface area contributed by atoms with Crippen molar-refractivity contribution in [3.63, 3.8) is 0 Å². The third-order valence-corrected chi connectivity index (χ3v) is 3.54.